The predicted octanol–water partition coefficient (Wildman–Crippen LogP) is 10.7. The lowest BCUT2D eigenvalue weighted by Gasteiger charge is -2.26. The highest BCUT2D eigenvalue weighted by Crippen LogP contribution is 2.45. The minimum Gasteiger partial charge on any atom is -0.408 e. The third-order valence-electron chi connectivity index (χ3n) is 7.47. The molecule has 0 fully saturated rings. The summed E-state index contributed by atoms with van der Waals surface area (Å²) in [5.41, 5.74) is 3.98. The lowest BCUT2D eigenvalue weighted by atomic mass is 9.99. The molecule has 1 heterocycles. The molecule has 194 valence electrons. The van der Waals surface area contributed by atoms with Crippen LogP contribution in [0.2, 0.25) is 0 Å². The fourth-order valence-corrected chi connectivity index (χ4v) is 7.17. The van der Waals surface area contributed by atoms with Crippen LogP contribution in [0.1, 0.15) is 17.2 Å². The van der Waals surface area contributed by atoms with Crippen LogP contribution in [0.3, 0.4) is 0 Å². The number of hydrogen-bond acceptors (Lipinski definition) is 3. The van der Waals surface area contributed by atoms with Crippen molar-refractivity contribution in [2.45, 2.75) is 12.6 Å². The monoisotopic (exact) mass is 537 g/mol. The van der Waals surface area contributed by atoms with E-state index in [0.717, 1.165) is 38.3 Å². The van der Waals surface area contributed by atoms with Crippen molar-refractivity contribution in [1.29, 1.82) is 0 Å². The summed E-state index contributed by atoms with van der Waals surface area (Å²) in [6.07, 6.45) is 1.99. The Balaban J connectivity index is 1.59. The van der Waals surface area contributed by atoms with Crippen LogP contribution in [0.25, 0.3) is 43.5 Å². The number of hydrogen-bond donors (Lipinski definition) is 0. The molecule has 0 saturated carbocycles. The second-order valence-corrected chi connectivity index (χ2v) is 11.3. The van der Waals surface area contributed by atoms with Crippen LogP contribution in [0.4, 0.5) is 0 Å². The molecule has 3 nitrogen and oxygen atoms in total. The molecule has 0 bridgehead atoms. The van der Waals surface area contributed by atoms with E-state index in [1.54, 1.807) is 0 Å². The van der Waals surface area contributed by atoms with Crippen molar-refractivity contribution >= 4 is 51.6 Å². The van der Waals surface area contributed by atoms with Gasteiger partial charge in [-0.2, -0.15) is 4.67 Å². The van der Waals surface area contributed by atoms with Crippen molar-refractivity contribution in [3.05, 3.63) is 157 Å². The van der Waals surface area contributed by atoms with Gasteiger partial charge in [-0.1, -0.05) is 127 Å². The molecule has 40 heavy (non-hydrogen) atoms. The fourth-order valence-electron chi connectivity index (χ4n) is 5.57. The molecule has 0 amide bonds. The summed E-state index contributed by atoms with van der Waals surface area (Å²) in [7, 11) is -1.58. The molecule has 0 aliphatic rings. The number of fused-ring (bicyclic) bond motifs is 7. The molecular weight excluding hydrogens is 509 g/mol. The molecule has 0 radical (unpaired) electrons. The Kier molecular flexibility index (Phi) is 6.45. The first-order chi connectivity index (χ1) is 19.8. The van der Waals surface area contributed by atoms with Gasteiger partial charge in [-0.15, -0.1) is 6.58 Å². The standard InChI is InChI=1S/C36H28NO2P/c1-2-32(29-17-7-4-8-18-29)37(25-26-13-5-3-6-14-26)40-38-33-23-21-27-15-9-11-19-30(27)35(33)36-31-20-12-10-16-28(31)22-24-34(36)39-40/h2-24,32H,1,25H2/t32-/m1/s1. The van der Waals surface area contributed by atoms with Crippen LogP contribution in [0.15, 0.2) is 155 Å². The van der Waals surface area contributed by atoms with Gasteiger partial charge in [0.25, 0.3) is 0 Å². The lowest BCUT2D eigenvalue weighted by Crippen LogP contribution is -2.24. The van der Waals surface area contributed by atoms with Gasteiger partial charge < -0.3 is 8.39 Å². The van der Waals surface area contributed by atoms with Crippen molar-refractivity contribution in [2.24, 2.45) is 0 Å². The first-order valence-corrected chi connectivity index (χ1v) is 14.6. The van der Waals surface area contributed by atoms with E-state index in [1.165, 1.54) is 16.3 Å². The summed E-state index contributed by atoms with van der Waals surface area (Å²) >= 11 is 0. The van der Waals surface area contributed by atoms with Gasteiger partial charge in [-0.05, 0) is 44.8 Å². The summed E-state index contributed by atoms with van der Waals surface area (Å²) < 4.78 is 16.2. The SMILES string of the molecule is C=C[C@H](c1ccccc1)N(Cc1ccccc1)p1oc2ccc3ccccc3c2c2c(ccc3ccccc32)o1. The maximum atomic E-state index is 6.96. The summed E-state index contributed by atoms with van der Waals surface area (Å²) in [5, 5.41) is 6.79. The summed E-state index contributed by atoms with van der Waals surface area (Å²) in [6.45, 7) is 4.89. The van der Waals surface area contributed by atoms with Crippen LogP contribution in [-0.2, 0) is 6.54 Å². The molecule has 0 unspecified atom stereocenters. The van der Waals surface area contributed by atoms with Gasteiger partial charge in [0, 0.05) is 17.3 Å². The van der Waals surface area contributed by atoms with E-state index in [2.05, 4.69) is 133 Å². The zero-order chi connectivity index (χ0) is 26.9. The highest BCUT2D eigenvalue weighted by Gasteiger charge is 2.25. The third kappa shape index (κ3) is 4.40. The molecule has 6 aromatic carbocycles. The van der Waals surface area contributed by atoms with Crippen molar-refractivity contribution < 1.29 is 8.39 Å². The Morgan fingerprint density at radius 2 is 1.10 bits per heavy atom. The highest BCUT2D eigenvalue weighted by molar-refractivity contribution is 7.39. The molecule has 0 aliphatic carbocycles. The Morgan fingerprint density at radius 3 is 1.65 bits per heavy atom. The Hall–Kier alpha value is -4.56. The second-order valence-electron chi connectivity index (χ2n) is 9.91. The summed E-state index contributed by atoms with van der Waals surface area (Å²) in [6, 6.07) is 46.3. The maximum absolute atomic E-state index is 6.96. The number of nitrogens with zero attached hydrogens (tertiary/aromatic N) is 1. The second kappa shape index (κ2) is 10.5. The van der Waals surface area contributed by atoms with Crippen molar-refractivity contribution in [3.63, 3.8) is 0 Å². The number of rotatable bonds is 6. The van der Waals surface area contributed by atoms with Gasteiger partial charge in [0.1, 0.15) is 11.2 Å². The molecule has 0 saturated heterocycles. The van der Waals surface area contributed by atoms with E-state index in [1.807, 2.05) is 18.2 Å². The predicted molar refractivity (Wildman–Crippen MR) is 169 cm³/mol. The van der Waals surface area contributed by atoms with Crippen molar-refractivity contribution in [1.82, 2.24) is 0 Å². The van der Waals surface area contributed by atoms with E-state index in [0.29, 0.717) is 6.54 Å². The average molecular weight is 538 g/mol. The maximum Gasteiger partial charge on any atom is 0.310 e. The van der Waals surface area contributed by atoms with Gasteiger partial charge in [0.2, 0.25) is 0 Å². The first kappa shape index (κ1) is 24.5. The van der Waals surface area contributed by atoms with Gasteiger partial charge in [-0.25, -0.2) is 0 Å². The molecule has 1 atom stereocenters. The first-order valence-electron chi connectivity index (χ1n) is 13.5. The fraction of sp³-hybridized carbons (Fsp3) is 0.0556. The summed E-state index contributed by atoms with van der Waals surface area (Å²) in [5.74, 6) is 0. The minimum atomic E-state index is -1.58. The molecule has 4 heteroatoms. The lowest BCUT2D eigenvalue weighted by molar-refractivity contribution is 0.606. The van der Waals surface area contributed by atoms with E-state index in [4.69, 9.17) is 8.39 Å². The average Bonchev–Trinajstić information content (AvgIpc) is 3.19. The van der Waals surface area contributed by atoms with E-state index >= 15 is 0 Å². The molecule has 1 aromatic heterocycles. The molecule has 7 rings (SSSR count). The van der Waals surface area contributed by atoms with Crippen LogP contribution >= 0.6 is 8.16 Å². The van der Waals surface area contributed by atoms with E-state index in [9.17, 15) is 0 Å². The molecular formula is C36H28NO2P. The zero-order valence-electron chi connectivity index (χ0n) is 22.0. The smallest absolute Gasteiger partial charge is 0.310 e. The Labute approximate surface area is 234 Å². The normalized spacial score (nSPS) is 12.3. The van der Waals surface area contributed by atoms with Gasteiger partial charge in [0.15, 0.2) is 0 Å². The van der Waals surface area contributed by atoms with Crippen molar-refractivity contribution in [2.75, 3.05) is 4.67 Å². The van der Waals surface area contributed by atoms with Crippen LogP contribution < -0.4 is 4.67 Å². The molecule has 7 aromatic rings. The van der Waals surface area contributed by atoms with Gasteiger partial charge in [-0.3, -0.25) is 0 Å². The molecule has 0 N–H and O–H groups in total. The van der Waals surface area contributed by atoms with Crippen LogP contribution in [0.5, 0.6) is 0 Å². The summed E-state index contributed by atoms with van der Waals surface area (Å²) in [4.78, 5) is 0. The van der Waals surface area contributed by atoms with Crippen molar-refractivity contribution in [3.8, 4) is 0 Å². The minimum absolute atomic E-state index is 0.113. The topological polar surface area (TPSA) is 29.5 Å². The Bertz CT molecular complexity index is 1920. The quantitative estimate of drug-likeness (QED) is 0.198. The van der Waals surface area contributed by atoms with Gasteiger partial charge >= 0.3 is 8.16 Å². The third-order valence-corrected chi connectivity index (χ3v) is 8.98. The van der Waals surface area contributed by atoms with Crippen LogP contribution in [0, 0.1) is 0 Å². The zero-order valence-corrected chi connectivity index (χ0v) is 22.9. The van der Waals surface area contributed by atoms with Gasteiger partial charge in [0.05, 0.1) is 6.04 Å². The largest absolute Gasteiger partial charge is 0.408 e. The van der Waals surface area contributed by atoms with Crippen LogP contribution in [-0.4, -0.2) is 0 Å². The number of benzene rings is 6. The molecule has 0 spiro atoms. The van der Waals surface area contributed by atoms with E-state index in [-0.39, 0.29) is 6.04 Å². The highest BCUT2D eigenvalue weighted by atomic mass is 31.1. The molecule has 0 aliphatic heterocycles. The van der Waals surface area contributed by atoms with E-state index < -0.39 is 8.16 Å². The Morgan fingerprint density at radius 1 is 0.600 bits per heavy atom.